The Bertz CT molecular complexity index is 1030. The van der Waals surface area contributed by atoms with Crippen molar-refractivity contribution in [2.75, 3.05) is 5.43 Å². The van der Waals surface area contributed by atoms with Crippen molar-refractivity contribution in [1.29, 1.82) is 0 Å². The van der Waals surface area contributed by atoms with Gasteiger partial charge in [0.1, 0.15) is 12.1 Å². The number of sulfonamides is 1. The van der Waals surface area contributed by atoms with E-state index in [2.05, 4.69) is 20.9 Å². The maximum Gasteiger partial charge on any atom is 0.290 e. The first-order valence-electron chi connectivity index (χ1n) is 11.0. The van der Waals surface area contributed by atoms with Crippen LogP contribution in [0.25, 0.3) is 0 Å². The molecule has 0 saturated carbocycles. The zero-order chi connectivity index (χ0) is 26.4. The highest BCUT2D eigenvalue weighted by Gasteiger charge is 2.32. The summed E-state index contributed by atoms with van der Waals surface area (Å²) in [4.78, 5) is 34.0. The fourth-order valence-electron chi connectivity index (χ4n) is 3.03. The van der Waals surface area contributed by atoms with Gasteiger partial charge in [0, 0.05) is 0 Å². The lowest BCUT2D eigenvalue weighted by Gasteiger charge is -2.27. The Morgan fingerprint density at radius 2 is 1.34 bits per heavy atom. The van der Waals surface area contributed by atoms with Crippen LogP contribution >= 0.6 is 0 Å². The van der Waals surface area contributed by atoms with Crippen molar-refractivity contribution in [2.45, 2.75) is 45.5 Å². The van der Waals surface area contributed by atoms with E-state index in [0.717, 1.165) is 0 Å². The summed E-state index contributed by atoms with van der Waals surface area (Å²) in [6.07, 6.45) is 0. The van der Waals surface area contributed by atoms with Gasteiger partial charge in [-0.25, -0.2) is 13.1 Å². The average Bonchev–Trinajstić information content (AvgIpc) is 2.80. The zero-order valence-electron chi connectivity index (χ0n) is 20.3. The Kier molecular flexibility index (Phi) is 12.5. The molecule has 0 spiro atoms. The van der Waals surface area contributed by atoms with Gasteiger partial charge in [-0.1, -0.05) is 76.2 Å². The number of benzene rings is 2. The number of hydrogen-bond donors (Lipinski definition) is 5. The number of amides is 2. The molecule has 0 aliphatic heterocycles. The van der Waals surface area contributed by atoms with Gasteiger partial charge in [0.05, 0.1) is 11.4 Å². The van der Waals surface area contributed by atoms with E-state index < -0.39 is 33.9 Å². The van der Waals surface area contributed by atoms with Crippen LogP contribution in [0, 0.1) is 11.8 Å². The van der Waals surface area contributed by atoms with Crippen molar-refractivity contribution >= 4 is 34.0 Å². The minimum atomic E-state index is -3.77. The van der Waals surface area contributed by atoms with Crippen LogP contribution in [0.15, 0.2) is 60.7 Å². The molecule has 2 aromatic carbocycles. The number of carbonyl (C=O) groups is 3. The molecule has 2 atom stereocenters. The Labute approximate surface area is 206 Å². The summed E-state index contributed by atoms with van der Waals surface area (Å²) < 4.78 is 27.8. The quantitative estimate of drug-likeness (QED) is 0.231. The molecule has 10 nitrogen and oxygen atoms in total. The molecule has 2 aromatic rings. The van der Waals surface area contributed by atoms with Gasteiger partial charge in [-0.05, 0) is 29.5 Å². The third-order valence-corrected chi connectivity index (χ3v) is 6.13. The predicted molar refractivity (Wildman–Crippen MR) is 134 cm³/mol. The van der Waals surface area contributed by atoms with Crippen molar-refractivity contribution in [1.82, 2.24) is 15.5 Å². The first-order chi connectivity index (χ1) is 16.5. The van der Waals surface area contributed by atoms with Gasteiger partial charge in [-0.2, -0.15) is 0 Å². The molecule has 0 unspecified atom stereocenters. The molecule has 2 rings (SSSR count). The van der Waals surface area contributed by atoms with E-state index >= 15 is 0 Å². The highest BCUT2D eigenvalue weighted by atomic mass is 32.2. The molecule has 2 amide bonds. The van der Waals surface area contributed by atoms with Gasteiger partial charge in [-0.15, -0.1) is 0 Å². The predicted octanol–water partition coefficient (Wildman–Crippen LogP) is 2.12. The molecule has 0 saturated heterocycles. The third-order valence-electron chi connectivity index (χ3n) is 4.81. The number of carbonyl (C=O) groups excluding carboxylic acids is 2. The van der Waals surface area contributed by atoms with Crippen LogP contribution in [-0.4, -0.2) is 43.9 Å². The second-order valence-corrected chi connectivity index (χ2v) is 10.2. The molecule has 0 aromatic heterocycles. The number of hydrogen-bond acceptors (Lipinski definition) is 6. The Morgan fingerprint density at radius 3 is 1.83 bits per heavy atom. The lowest BCUT2D eigenvalue weighted by Crippen LogP contribution is -2.57. The Hall–Kier alpha value is -3.44. The van der Waals surface area contributed by atoms with E-state index in [1.807, 2.05) is 18.2 Å². The largest absolute Gasteiger partial charge is 0.483 e. The molecule has 35 heavy (non-hydrogen) atoms. The summed E-state index contributed by atoms with van der Waals surface area (Å²) >= 11 is 0. The molecular formula is C24H34N4O6S. The minimum Gasteiger partial charge on any atom is -0.483 e. The second kappa shape index (κ2) is 14.7. The van der Waals surface area contributed by atoms with E-state index in [4.69, 9.17) is 9.90 Å². The lowest BCUT2D eigenvalue weighted by atomic mass is 10.0. The van der Waals surface area contributed by atoms with Gasteiger partial charge in [0.25, 0.3) is 12.4 Å². The van der Waals surface area contributed by atoms with Crippen molar-refractivity contribution in [3.8, 4) is 0 Å². The molecule has 192 valence electrons. The first kappa shape index (κ1) is 29.6. The summed E-state index contributed by atoms with van der Waals surface area (Å²) in [5.74, 6) is -1.75. The number of para-hydroxylation sites is 1. The van der Waals surface area contributed by atoms with Crippen LogP contribution in [0.2, 0.25) is 0 Å². The van der Waals surface area contributed by atoms with Crippen molar-refractivity contribution in [3.05, 3.63) is 66.2 Å². The van der Waals surface area contributed by atoms with Crippen LogP contribution < -0.4 is 20.9 Å². The van der Waals surface area contributed by atoms with E-state index in [0.29, 0.717) is 11.3 Å². The van der Waals surface area contributed by atoms with Gasteiger partial charge >= 0.3 is 0 Å². The van der Waals surface area contributed by atoms with Crippen LogP contribution in [0.1, 0.15) is 33.3 Å². The number of hydrazine groups is 1. The molecule has 0 aliphatic carbocycles. The summed E-state index contributed by atoms with van der Waals surface area (Å²) in [5.41, 5.74) is 6.72. The highest BCUT2D eigenvalue weighted by molar-refractivity contribution is 7.88. The summed E-state index contributed by atoms with van der Waals surface area (Å²) in [7, 11) is -3.77. The third kappa shape index (κ3) is 11.0. The van der Waals surface area contributed by atoms with Gasteiger partial charge in [-0.3, -0.25) is 25.2 Å². The van der Waals surface area contributed by atoms with Gasteiger partial charge in [0.15, 0.2) is 0 Å². The summed E-state index contributed by atoms with van der Waals surface area (Å²) in [6.45, 7) is 6.85. The SMILES string of the molecule is CC(C)[C@H](NC(=O)[C@@H](NS(=O)(=O)Cc1ccccc1)C(C)C)C(=O)NNc1ccccc1.O=CO. The number of rotatable bonds is 11. The molecule has 11 heteroatoms. The summed E-state index contributed by atoms with van der Waals surface area (Å²) in [5, 5.41) is 9.59. The standard InChI is InChI=1S/C23H32N4O4S.CH2O2/c1-16(2)20(23(29)26-25-19-13-9-6-10-14-19)24-22(28)21(17(3)4)27-32(30,31)15-18-11-7-5-8-12-18;2-1-3/h5-14,16-17,20-21,25,27H,15H2,1-4H3,(H,24,28)(H,26,29);1H,(H,2,3)/t20-,21-;/m0./s1. The van der Waals surface area contributed by atoms with Crippen molar-refractivity contribution in [3.63, 3.8) is 0 Å². The minimum absolute atomic E-state index is 0.217. The van der Waals surface area contributed by atoms with E-state index in [9.17, 15) is 18.0 Å². The maximum absolute atomic E-state index is 13.0. The van der Waals surface area contributed by atoms with Gasteiger partial charge < -0.3 is 10.4 Å². The van der Waals surface area contributed by atoms with Crippen LogP contribution in [0.4, 0.5) is 5.69 Å². The first-order valence-corrected chi connectivity index (χ1v) is 12.7. The van der Waals surface area contributed by atoms with Crippen molar-refractivity contribution < 1.29 is 27.9 Å². The number of carboxylic acid groups (broad SMARTS) is 1. The second-order valence-electron chi connectivity index (χ2n) is 8.40. The normalized spacial score (nSPS) is 12.6. The van der Waals surface area contributed by atoms with Gasteiger partial charge in [0.2, 0.25) is 15.9 Å². The molecule has 0 fully saturated rings. The monoisotopic (exact) mass is 506 g/mol. The van der Waals surface area contributed by atoms with Crippen molar-refractivity contribution in [2.24, 2.45) is 11.8 Å². The topological polar surface area (TPSA) is 154 Å². The van der Waals surface area contributed by atoms with E-state index in [1.54, 1.807) is 70.2 Å². The smallest absolute Gasteiger partial charge is 0.290 e. The van der Waals surface area contributed by atoms with E-state index in [-0.39, 0.29) is 24.1 Å². The molecular weight excluding hydrogens is 472 g/mol. The fourth-order valence-corrected chi connectivity index (χ4v) is 4.51. The van der Waals surface area contributed by atoms with E-state index in [1.165, 1.54) is 0 Å². The van der Waals surface area contributed by atoms with Crippen LogP contribution in [-0.2, 0) is 30.2 Å². The molecule has 0 radical (unpaired) electrons. The molecule has 0 heterocycles. The zero-order valence-corrected chi connectivity index (χ0v) is 21.1. The van der Waals surface area contributed by atoms with Crippen LogP contribution in [0.3, 0.4) is 0 Å². The highest BCUT2D eigenvalue weighted by Crippen LogP contribution is 2.11. The Balaban J connectivity index is 0.00000194. The van der Waals surface area contributed by atoms with Crippen LogP contribution in [0.5, 0.6) is 0 Å². The molecule has 5 N–H and O–H groups in total. The Morgan fingerprint density at radius 1 is 0.857 bits per heavy atom. The summed E-state index contributed by atoms with van der Waals surface area (Å²) in [6, 6.07) is 16.0. The number of anilines is 1. The molecule has 0 aliphatic rings. The fraction of sp³-hybridized carbons (Fsp3) is 0.375. The average molecular weight is 507 g/mol. The molecule has 0 bridgehead atoms. The number of nitrogens with one attached hydrogen (secondary N) is 4. The lowest BCUT2D eigenvalue weighted by molar-refractivity contribution is -0.131. The maximum atomic E-state index is 13.0.